The molecule has 0 atom stereocenters. The molecule has 1 heterocycles. The lowest BCUT2D eigenvalue weighted by Crippen LogP contribution is -2.02. The fraction of sp³-hybridized carbons (Fsp3) is 0.143. The zero-order chi connectivity index (χ0) is 11.5. The topological polar surface area (TPSA) is 30.0 Å². The first-order chi connectivity index (χ1) is 7.72. The second-order valence-electron chi connectivity index (χ2n) is 3.65. The number of terminal acetylenes is 1. The van der Waals surface area contributed by atoms with Gasteiger partial charge in [0.25, 0.3) is 0 Å². The Labute approximate surface area is 94.3 Å². The molecule has 0 aliphatic heterocycles. The number of benzene rings is 1. The summed E-state index contributed by atoms with van der Waals surface area (Å²) in [5.41, 5.74) is 2.34. The van der Waals surface area contributed by atoms with Crippen LogP contribution in [0.4, 0.5) is 0 Å². The van der Waals surface area contributed by atoms with E-state index in [4.69, 9.17) is 6.42 Å². The summed E-state index contributed by atoms with van der Waals surface area (Å²) in [6.07, 6.45) is 5.22. The van der Waals surface area contributed by atoms with Crippen molar-refractivity contribution in [1.82, 2.24) is 4.98 Å². The molecule has 2 nitrogen and oxygen atoms in total. The van der Waals surface area contributed by atoms with E-state index in [0.717, 1.165) is 16.5 Å². The Morgan fingerprint density at radius 2 is 2.19 bits per heavy atom. The molecule has 2 heteroatoms. The van der Waals surface area contributed by atoms with Gasteiger partial charge in [-0.1, -0.05) is 24.1 Å². The molecule has 1 aromatic carbocycles. The van der Waals surface area contributed by atoms with Gasteiger partial charge in [0.2, 0.25) is 0 Å². The van der Waals surface area contributed by atoms with Crippen LogP contribution in [-0.4, -0.2) is 10.8 Å². The highest BCUT2D eigenvalue weighted by Crippen LogP contribution is 2.17. The van der Waals surface area contributed by atoms with Gasteiger partial charge in [-0.25, -0.2) is 4.98 Å². The first-order valence-corrected chi connectivity index (χ1v) is 5.05. The number of fused-ring (bicyclic) bond motifs is 1. The number of nitrogens with zero attached hydrogens (tertiary/aromatic N) is 1. The maximum absolute atomic E-state index is 11.6. The van der Waals surface area contributed by atoms with Gasteiger partial charge < -0.3 is 0 Å². The number of pyridine rings is 1. The highest BCUT2D eigenvalue weighted by atomic mass is 16.1. The smallest absolute Gasteiger partial charge is 0.193 e. The standard InChI is InChI=1S/C14H11NO/c1-3-6-14(16)13-9-10(2)11-7-4-5-8-12(11)15-13/h1,4-5,7-9H,6H2,2H3. The Kier molecular flexibility index (Phi) is 2.70. The Hall–Kier alpha value is -2.14. The number of Topliss-reactive ketones (excluding diaryl/α,β-unsaturated/α-hetero) is 1. The van der Waals surface area contributed by atoms with E-state index in [1.54, 1.807) is 6.07 Å². The van der Waals surface area contributed by atoms with E-state index >= 15 is 0 Å². The van der Waals surface area contributed by atoms with Crippen LogP contribution in [0.3, 0.4) is 0 Å². The van der Waals surface area contributed by atoms with E-state index in [-0.39, 0.29) is 12.2 Å². The van der Waals surface area contributed by atoms with Crippen molar-refractivity contribution in [1.29, 1.82) is 0 Å². The molecule has 0 spiro atoms. The molecule has 16 heavy (non-hydrogen) atoms. The van der Waals surface area contributed by atoms with Gasteiger partial charge in [-0.15, -0.1) is 6.42 Å². The van der Waals surface area contributed by atoms with Gasteiger partial charge in [-0.2, -0.15) is 0 Å². The van der Waals surface area contributed by atoms with E-state index in [1.807, 2.05) is 31.2 Å². The Balaban J connectivity index is 2.59. The van der Waals surface area contributed by atoms with E-state index in [0.29, 0.717) is 5.69 Å². The minimum Gasteiger partial charge on any atom is -0.291 e. The minimum atomic E-state index is -0.101. The number of rotatable bonds is 2. The highest BCUT2D eigenvalue weighted by Gasteiger charge is 2.08. The predicted octanol–water partition coefficient (Wildman–Crippen LogP) is 2.75. The zero-order valence-corrected chi connectivity index (χ0v) is 9.03. The van der Waals surface area contributed by atoms with Gasteiger partial charge in [0.05, 0.1) is 11.9 Å². The average Bonchev–Trinajstić information content (AvgIpc) is 2.29. The molecule has 0 amide bonds. The van der Waals surface area contributed by atoms with Crippen LogP contribution in [0.15, 0.2) is 30.3 Å². The third kappa shape index (κ3) is 1.80. The van der Waals surface area contributed by atoms with Crippen molar-refractivity contribution >= 4 is 16.7 Å². The molecular weight excluding hydrogens is 198 g/mol. The van der Waals surface area contributed by atoms with Crippen LogP contribution in [0, 0.1) is 19.3 Å². The van der Waals surface area contributed by atoms with Crippen LogP contribution in [0.2, 0.25) is 0 Å². The number of carbonyl (C=O) groups excluding carboxylic acids is 1. The summed E-state index contributed by atoms with van der Waals surface area (Å²) >= 11 is 0. The van der Waals surface area contributed by atoms with Crippen LogP contribution < -0.4 is 0 Å². The molecule has 0 aliphatic rings. The van der Waals surface area contributed by atoms with Crippen molar-refractivity contribution in [3.05, 3.63) is 41.6 Å². The summed E-state index contributed by atoms with van der Waals surface area (Å²) < 4.78 is 0. The lowest BCUT2D eigenvalue weighted by molar-refractivity contribution is 0.0994. The van der Waals surface area contributed by atoms with Gasteiger partial charge in [0.15, 0.2) is 5.78 Å². The molecule has 0 bridgehead atoms. The summed E-state index contributed by atoms with van der Waals surface area (Å²) in [5.74, 6) is 2.24. The predicted molar refractivity (Wildman–Crippen MR) is 64.3 cm³/mol. The Bertz CT molecular complexity index is 593. The van der Waals surface area contributed by atoms with Crippen molar-refractivity contribution in [2.75, 3.05) is 0 Å². The van der Waals surface area contributed by atoms with E-state index in [2.05, 4.69) is 10.9 Å². The fourth-order valence-corrected chi connectivity index (χ4v) is 1.68. The van der Waals surface area contributed by atoms with Crippen molar-refractivity contribution in [2.45, 2.75) is 13.3 Å². The number of aryl methyl sites for hydroxylation is 1. The van der Waals surface area contributed by atoms with Gasteiger partial charge in [-0.3, -0.25) is 4.79 Å². The summed E-state index contributed by atoms with van der Waals surface area (Å²) in [5, 5.41) is 1.07. The fourth-order valence-electron chi connectivity index (χ4n) is 1.68. The van der Waals surface area contributed by atoms with Gasteiger partial charge in [0, 0.05) is 5.39 Å². The lowest BCUT2D eigenvalue weighted by atomic mass is 10.1. The summed E-state index contributed by atoms with van der Waals surface area (Å²) in [4.78, 5) is 15.9. The second-order valence-corrected chi connectivity index (χ2v) is 3.65. The van der Waals surface area contributed by atoms with Crippen LogP contribution in [0.1, 0.15) is 22.5 Å². The second kappa shape index (κ2) is 4.16. The molecule has 78 valence electrons. The number of ketones is 1. The number of carbonyl (C=O) groups is 1. The molecule has 0 unspecified atom stereocenters. The molecular formula is C14H11NO. The number of hydrogen-bond acceptors (Lipinski definition) is 2. The average molecular weight is 209 g/mol. The molecule has 0 saturated heterocycles. The summed E-state index contributed by atoms with van der Waals surface area (Å²) in [6, 6.07) is 9.55. The Morgan fingerprint density at radius 3 is 2.94 bits per heavy atom. The number of para-hydroxylation sites is 1. The Morgan fingerprint density at radius 1 is 1.44 bits per heavy atom. The lowest BCUT2D eigenvalue weighted by Gasteiger charge is -2.04. The molecule has 0 N–H and O–H groups in total. The maximum atomic E-state index is 11.6. The third-order valence-electron chi connectivity index (χ3n) is 2.47. The number of aromatic nitrogens is 1. The molecule has 0 fully saturated rings. The normalized spacial score (nSPS) is 10.0. The van der Waals surface area contributed by atoms with Crippen LogP contribution in [0.25, 0.3) is 10.9 Å². The number of hydrogen-bond donors (Lipinski definition) is 0. The van der Waals surface area contributed by atoms with E-state index in [1.165, 1.54) is 0 Å². The zero-order valence-electron chi connectivity index (χ0n) is 9.03. The quantitative estimate of drug-likeness (QED) is 0.562. The monoisotopic (exact) mass is 209 g/mol. The molecule has 2 rings (SSSR count). The summed E-state index contributed by atoms with van der Waals surface area (Å²) in [7, 11) is 0. The van der Waals surface area contributed by atoms with Gasteiger partial charge in [-0.05, 0) is 24.6 Å². The van der Waals surface area contributed by atoms with Crippen molar-refractivity contribution < 1.29 is 4.79 Å². The van der Waals surface area contributed by atoms with Crippen molar-refractivity contribution in [3.8, 4) is 12.3 Å². The third-order valence-corrected chi connectivity index (χ3v) is 2.47. The molecule has 0 aliphatic carbocycles. The first-order valence-electron chi connectivity index (χ1n) is 5.05. The molecule has 1 aromatic heterocycles. The van der Waals surface area contributed by atoms with Crippen molar-refractivity contribution in [3.63, 3.8) is 0 Å². The maximum Gasteiger partial charge on any atom is 0.193 e. The first kappa shape index (κ1) is 10.4. The van der Waals surface area contributed by atoms with E-state index in [9.17, 15) is 4.79 Å². The van der Waals surface area contributed by atoms with Crippen molar-refractivity contribution in [2.24, 2.45) is 0 Å². The highest BCUT2D eigenvalue weighted by molar-refractivity contribution is 5.98. The molecule has 0 radical (unpaired) electrons. The van der Waals surface area contributed by atoms with E-state index < -0.39 is 0 Å². The van der Waals surface area contributed by atoms with Crippen LogP contribution in [-0.2, 0) is 0 Å². The van der Waals surface area contributed by atoms with Crippen LogP contribution in [0.5, 0.6) is 0 Å². The SMILES string of the molecule is C#CCC(=O)c1cc(C)c2ccccc2n1. The molecule has 2 aromatic rings. The van der Waals surface area contributed by atoms with Gasteiger partial charge >= 0.3 is 0 Å². The van der Waals surface area contributed by atoms with Crippen LogP contribution >= 0.6 is 0 Å². The van der Waals surface area contributed by atoms with Gasteiger partial charge in [0.1, 0.15) is 5.69 Å². The minimum absolute atomic E-state index is 0.101. The molecule has 0 saturated carbocycles. The largest absolute Gasteiger partial charge is 0.291 e. The summed E-state index contributed by atoms with van der Waals surface area (Å²) in [6.45, 7) is 1.97.